The van der Waals surface area contributed by atoms with Crippen LogP contribution in [0.3, 0.4) is 0 Å². The maximum atomic E-state index is 12.3. The number of pyridine rings is 1. The second-order valence-corrected chi connectivity index (χ2v) is 6.16. The maximum absolute atomic E-state index is 12.3. The number of hydrogen-bond donors (Lipinski definition) is 2. The van der Waals surface area contributed by atoms with E-state index in [0.29, 0.717) is 5.69 Å². The summed E-state index contributed by atoms with van der Waals surface area (Å²) in [5, 5.41) is 3.40. The number of nitrogens with zero attached hydrogens (tertiary/aromatic N) is 3. The molecule has 0 spiro atoms. The number of guanidine groups is 1. The van der Waals surface area contributed by atoms with Crippen LogP contribution in [-0.4, -0.2) is 41.8 Å². The Hall–Kier alpha value is -3.68. The number of amides is 2. The van der Waals surface area contributed by atoms with E-state index in [9.17, 15) is 9.59 Å². The SMILES string of the molecule is Cc1cc2cc(N=C(N)NC(=O)c3ccc(C(=O)N(C)C)nc3)ccc2o1. The van der Waals surface area contributed by atoms with E-state index in [1.165, 1.54) is 23.2 Å². The fourth-order valence-corrected chi connectivity index (χ4v) is 2.47. The lowest BCUT2D eigenvalue weighted by Gasteiger charge is -2.09. The van der Waals surface area contributed by atoms with Crippen LogP contribution < -0.4 is 11.1 Å². The van der Waals surface area contributed by atoms with Gasteiger partial charge in [0.25, 0.3) is 11.8 Å². The molecule has 1 aromatic carbocycles. The van der Waals surface area contributed by atoms with Gasteiger partial charge in [0.15, 0.2) is 0 Å². The van der Waals surface area contributed by atoms with E-state index < -0.39 is 5.91 Å². The third kappa shape index (κ3) is 4.12. The molecule has 0 bridgehead atoms. The first-order valence-corrected chi connectivity index (χ1v) is 8.17. The molecule has 27 heavy (non-hydrogen) atoms. The molecular formula is C19H19N5O3. The first kappa shape index (κ1) is 18.1. The Balaban J connectivity index is 1.72. The maximum Gasteiger partial charge on any atom is 0.271 e. The molecular weight excluding hydrogens is 346 g/mol. The van der Waals surface area contributed by atoms with Gasteiger partial charge in [0, 0.05) is 25.7 Å². The third-order valence-electron chi connectivity index (χ3n) is 3.77. The average Bonchev–Trinajstić information content (AvgIpc) is 3.00. The van der Waals surface area contributed by atoms with E-state index in [-0.39, 0.29) is 23.1 Å². The molecule has 3 aromatic rings. The Morgan fingerprint density at radius 1 is 1.19 bits per heavy atom. The molecule has 0 aliphatic heterocycles. The number of nitrogens with one attached hydrogen (secondary N) is 1. The zero-order valence-corrected chi connectivity index (χ0v) is 15.2. The zero-order valence-electron chi connectivity index (χ0n) is 15.2. The smallest absolute Gasteiger partial charge is 0.271 e. The minimum Gasteiger partial charge on any atom is -0.461 e. The predicted octanol–water partition coefficient (Wildman–Crippen LogP) is 2.21. The molecule has 0 aliphatic rings. The molecule has 138 valence electrons. The molecule has 3 rings (SSSR count). The van der Waals surface area contributed by atoms with Crippen LogP contribution in [0, 0.1) is 6.92 Å². The number of carbonyl (C=O) groups excluding carboxylic acids is 2. The predicted molar refractivity (Wildman–Crippen MR) is 102 cm³/mol. The van der Waals surface area contributed by atoms with E-state index in [2.05, 4.69) is 15.3 Å². The summed E-state index contributed by atoms with van der Waals surface area (Å²) >= 11 is 0. The second-order valence-electron chi connectivity index (χ2n) is 6.16. The molecule has 2 amide bonds. The van der Waals surface area contributed by atoms with Crippen molar-refractivity contribution >= 4 is 34.4 Å². The van der Waals surface area contributed by atoms with Crippen molar-refractivity contribution in [2.45, 2.75) is 6.92 Å². The summed E-state index contributed by atoms with van der Waals surface area (Å²) in [6.45, 7) is 1.86. The van der Waals surface area contributed by atoms with Crippen LogP contribution in [-0.2, 0) is 0 Å². The first-order valence-electron chi connectivity index (χ1n) is 8.17. The van der Waals surface area contributed by atoms with Gasteiger partial charge in [-0.1, -0.05) is 0 Å². The lowest BCUT2D eigenvalue weighted by Crippen LogP contribution is -2.36. The molecule has 0 unspecified atom stereocenters. The lowest BCUT2D eigenvalue weighted by atomic mass is 10.2. The third-order valence-corrected chi connectivity index (χ3v) is 3.77. The van der Waals surface area contributed by atoms with Crippen molar-refractivity contribution in [2.75, 3.05) is 14.1 Å². The van der Waals surface area contributed by atoms with Crippen LogP contribution >= 0.6 is 0 Å². The summed E-state index contributed by atoms with van der Waals surface area (Å²) in [4.78, 5) is 33.7. The molecule has 2 heterocycles. The number of rotatable bonds is 3. The standard InChI is InChI=1S/C19H19N5O3/c1-11-8-13-9-14(5-7-16(13)27-11)22-19(20)23-17(25)12-4-6-15(21-10-12)18(26)24(2)3/h4-10H,1-3H3,(H3,20,22,23,25). The van der Waals surface area contributed by atoms with Gasteiger partial charge in [0.1, 0.15) is 17.0 Å². The average molecular weight is 365 g/mol. The van der Waals surface area contributed by atoms with E-state index >= 15 is 0 Å². The van der Waals surface area contributed by atoms with Crippen molar-refractivity contribution in [1.29, 1.82) is 0 Å². The number of carbonyl (C=O) groups is 2. The highest BCUT2D eigenvalue weighted by atomic mass is 16.3. The monoisotopic (exact) mass is 365 g/mol. The normalized spacial score (nSPS) is 11.4. The van der Waals surface area contributed by atoms with Crippen molar-refractivity contribution < 1.29 is 14.0 Å². The van der Waals surface area contributed by atoms with Gasteiger partial charge in [-0.05, 0) is 43.3 Å². The minimum atomic E-state index is -0.465. The van der Waals surface area contributed by atoms with E-state index in [1.807, 2.05) is 19.1 Å². The number of benzene rings is 1. The molecule has 0 radical (unpaired) electrons. The number of furan rings is 1. The first-order chi connectivity index (χ1) is 12.8. The number of nitrogens with two attached hydrogens (primary N) is 1. The van der Waals surface area contributed by atoms with Gasteiger partial charge < -0.3 is 15.1 Å². The Bertz CT molecular complexity index is 1040. The van der Waals surface area contributed by atoms with Crippen molar-refractivity contribution in [3.63, 3.8) is 0 Å². The van der Waals surface area contributed by atoms with E-state index in [4.69, 9.17) is 10.2 Å². The fraction of sp³-hybridized carbons (Fsp3) is 0.158. The Morgan fingerprint density at radius 3 is 2.63 bits per heavy atom. The minimum absolute atomic E-state index is 0.0481. The van der Waals surface area contributed by atoms with Gasteiger partial charge in [-0.2, -0.15) is 0 Å². The van der Waals surface area contributed by atoms with Crippen molar-refractivity contribution in [1.82, 2.24) is 15.2 Å². The second kappa shape index (κ2) is 7.28. The van der Waals surface area contributed by atoms with Crippen LogP contribution in [0.15, 0.2) is 52.0 Å². The molecule has 0 saturated heterocycles. The molecule has 3 N–H and O–H groups in total. The molecule has 8 nitrogen and oxygen atoms in total. The van der Waals surface area contributed by atoms with Gasteiger partial charge in [-0.25, -0.2) is 4.99 Å². The van der Waals surface area contributed by atoms with E-state index in [0.717, 1.165) is 16.7 Å². The molecule has 0 fully saturated rings. The van der Waals surface area contributed by atoms with Gasteiger partial charge in [0.05, 0.1) is 11.3 Å². The highest BCUT2D eigenvalue weighted by Gasteiger charge is 2.12. The summed E-state index contributed by atoms with van der Waals surface area (Å²) < 4.78 is 5.51. The van der Waals surface area contributed by atoms with Crippen LogP contribution in [0.1, 0.15) is 26.6 Å². The summed E-state index contributed by atoms with van der Waals surface area (Å²) in [6.07, 6.45) is 1.32. The summed E-state index contributed by atoms with van der Waals surface area (Å²) in [6, 6.07) is 10.2. The number of hydrogen-bond acceptors (Lipinski definition) is 5. The van der Waals surface area contributed by atoms with Crippen LogP contribution in [0.4, 0.5) is 5.69 Å². The summed E-state index contributed by atoms with van der Waals surface area (Å²) in [5.74, 6) is 0.0462. The van der Waals surface area contributed by atoms with E-state index in [1.54, 1.807) is 26.2 Å². The van der Waals surface area contributed by atoms with Crippen LogP contribution in [0.5, 0.6) is 0 Å². The van der Waals surface area contributed by atoms with Gasteiger partial charge in [-0.3, -0.25) is 19.9 Å². The Kier molecular flexibility index (Phi) is 4.89. The van der Waals surface area contributed by atoms with Crippen molar-refractivity contribution in [3.8, 4) is 0 Å². The molecule has 0 aliphatic carbocycles. The van der Waals surface area contributed by atoms with Gasteiger partial charge in [0.2, 0.25) is 5.96 Å². The van der Waals surface area contributed by atoms with Crippen LogP contribution in [0.2, 0.25) is 0 Å². The number of aromatic nitrogens is 1. The molecule has 0 saturated carbocycles. The van der Waals surface area contributed by atoms with Gasteiger partial charge in [-0.15, -0.1) is 0 Å². The number of fused-ring (bicyclic) bond motifs is 1. The van der Waals surface area contributed by atoms with Crippen molar-refractivity contribution in [2.24, 2.45) is 10.7 Å². The number of aliphatic imine (C=N–C) groups is 1. The topological polar surface area (TPSA) is 114 Å². The number of aryl methyl sites for hydroxylation is 1. The summed E-state index contributed by atoms with van der Waals surface area (Å²) in [7, 11) is 3.26. The lowest BCUT2D eigenvalue weighted by molar-refractivity contribution is 0.0821. The quantitative estimate of drug-likeness (QED) is 0.546. The highest BCUT2D eigenvalue weighted by Crippen LogP contribution is 2.24. The Labute approximate surface area is 155 Å². The summed E-state index contributed by atoms with van der Waals surface area (Å²) in [5.41, 5.74) is 7.69. The largest absolute Gasteiger partial charge is 0.461 e. The Morgan fingerprint density at radius 2 is 1.96 bits per heavy atom. The van der Waals surface area contributed by atoms with Crippen molar-refractivity contribution in [3.05, 3.63) is 59.6 Å². The fourth-order valence-electron chi connectivity index (χ4n) is 2.47. The van der Waals surface area contributed by atoms with Crippen LogP contribution in [0.25, 0.3) is 11.0 Å². The molecule has 0 atom stereocenters. The zero-order chi connectivity index (χ0) is 19.6. The highest BCUT2D eigenvalue weighted by molar-refractivity contribution is 6.06. The van der Waals surface area contributed by atoms with Gasteiger partial charge >= 0.3 is 0 Å². The molecule has 8 heteroatoms. The molecule has 2 aromatic heterocycles.